The van der Waals surface area contributed by atoms with Crippen LogP contribution in [0.15, 0.2) is 530 Å². The van der Waals surface area contributed by atoms with Crippen LogP contribution < -0.4 is 28.9 Å². The fourth-order valence-corrected chi connectivity index (χ4v) is 22.7. The summed E-state index contributed by atoms with van der Waals surface area (Å²) in [5.41, 5.74) is 37.2. The van der Waals surface area contributed by atoms with E-state index < -0.39 is 0 Å². The molecule has 0 fully saturated rings. The van der Waals surface area contributed by atoms with Gasteiger partial charge in [0, 0.05) is 138 Å². The summed E-state index contributed by atoms with van der Waals surface area (Å²) in [6.45, 7) is 0. The van der Waals surface area contributed by atoms with E-state index in [1.165, 1.54) is 0 Å². The summed E-state index contributed by atoms with van der Waals surface area (Å²) >= 11 is 0. The molecule has 3 aliphatic rings. The van der Waals surface area contributed by atoms with Gasteiger partial charge in [-0.25, -0.2) is 0 Å². The monoisotopic (exact) mass is 1930 g/mol. The topological polar surface area (TPSA) is 116 Å². The third-order valence-electron chi connectivity index (χ3n) is 29.7. The number of benzene rings is 23. The molecular formula is C138H83N3O9. The summed E-state index contributed by atoms with van der Waals surface area (Å²) in [5, 5.41) is 13.2. The molecule has 150 heavy (non-hydrogen) atoms. The Balaban J connectivity index is 0.000000104. The zero-order chi connectivity index (χ0) is 98.5. The van der Waals surface area contributed by atoms with Crippen molar-refractivity contribution >= 4 is 183 Å². The van der Waals surface area contributed by atoms with Crippen molar-refractivity contribution in [3.05, 3.63) is 504 Å². The number of hydrogen-bond donors (Lipinski definition) is 0. The molecule has 0 unspecified atom stereocenters. The minimum atomic E-state index is 0.820. The largest absolute Gasteiger partial charge is 0.456 e. The molecule has 0 atom stereocenters. The van der Waals surface area contributed by atoms with E-state index in [-0.39, 0.29) is 0 Å². The van der Waals surface area contributed by atoms with Crippen LogP contribution in [0.3, 0.4) is 0 Å². The Morgan fingerprint density at radius 3 is 0.667 bits per heavy atom. The molecule has 6 aromatic heterocycles. The van der Waals surface area contributed by atoms with Gasteiger partial charge in [-0.05, 0) is 262 Å². The molecule has 23 aromatic carbocycles. The van der Waals surface area contributed by atoms with Gasteiger partial charge in [-0.3, -0.25) is 0 Å². The summed E-state index contributed by atoms with van der Waals surface area (Å²) in [6.07, 6.45) is 0. The molecule has 0 N–H and O–H groups in total. The van der Waals surface area contributed by atoms with E-state index in [0.29, 0.717) is 0 Å². The number of rotatable bonds is 11. The van der Waals surface area contributed by atoms with Gasteiger partial charge in [0.05, 0.1) is 11.4 Å². The molecule has 12 nitrogen and oxygen atoms in total. The van der Waals surface area contributed by atoms with Crippen molar-refractivity contribution in [3.8, 4) is 124 Å². The van der Waals surface area contributed by atoms with Gasteiger partial charge >= 0.3 is 0 Å². The van der Waals surface area contributed by atoms with Gasteiger partial charge in [-0.2, -0.15) is 0 Å². The van der Waals surface area contributed by atoms with Crippen LogP contribution in [0.25, 0.3) is 221 Å². The molecule has 704 valence electrons. The van der Waals surface area contributed by atoms with E-state index in [1.54, 1.807) is 0 Å². The van der Waals surface area contributed by atoms with Crippen molar-refractivity contribution < 1.29 is 40.7 Å². The SMILES string of the molecule is c1ccc2c(c1)Oc1ccccc1-c1cc(N(c3ccc(-c4ccc5oc6ccccc6c5c4)cc3)c3ccc(-c4ccc5oc6ccccc6c5c4)cc3)ccc1-2.c1ccc2c(c1)Oc1ccccc1-c1cc(N(c3ccc4oc5ccccc5c4c3)c3ccc4oc5ccccc5c4c3)ccc1-2.c1ccc2c(c1)Oc1ccccc1-c1cc(N(c3cccc4c3oc3ccccc34)c3cccc4c3oc3ccccc34)ccc1-2. The van der Waals surface area contributed by atoms with Crippen LogP contribution in [0.1, 0.15) is 0 Å². The van der Waals surface area contributed by atoms with Crippen molar-refractivity contribution in [1.82, 2.24) is 0 Å². The molecule has 0 aliphatic carbocycles. The molecule has 29 aromatic rings. The molecule has 12 heteroatoms. The molecule has 9 heterocycles. The third-order valence-corrected chi connectivity index (χ3v) is 29.7. The highest BCUT2D eigenvalue weighted by Crippen LogP contribution is 2.57. The molecule has 3 aliphatic heterocycles. The van der Waals surface area contributed by atoms with Crippen LogP contribution in [-0.2, 0) is 0 Å². The van der Waals surface area contributed by atoms with Crippen molar-refractivity contribution in [2.75, 3.05) is 14.7 Å². The first-order chi connectivity index (χ1) is 74.3. The van der Waals surface area contributed by atoms with Crippen LogP contribution in [-0.4, -0.2) is 0 Å². The van der Waals surface area contributed by atoms with E-state index in [0.717, 1.165) is 306 Å². The minimum Gasteiger partial charge on any atom is -0.456 e. The number of anilines is 9. The minimum absolute atomic E-state index is 0.820. The Labute approximate surface area is 859 Å². The summed E-state index contributed by atoms with van der Waals surface area (Å²) in [5.74, 6) is 5.07. The number of fused-ring (bicyclic) bond motifs is 33. The fourth-order valence-electron chi connectivity index (χ4n) is 22.7. The molecule has 0 amide bonds. The lowest BCUT2D eigenvalue weighted by Gasteiger charge is -2.27. The lowest BCUT2D eigenvalue weighted by atomic mass is 9.93. The fraction of sp³-hybridized carbons (Fsp3) is 0. The van der Waals surface area contributed by atoms with Gasteiger partial charge < -0.3 is 55.4 Å². The lowest BCUT2D eigenvalue weighted by Crippen LogP contribution is -2.11. The number of hydrogen-bond acceptors (Lipinski definition) is 12. The van der Waals surface area contributed by atoms with Crippen LogP contribution in [0.4, 0.5) is 51.2 Å². The molecule has 0 saturated heterocycles. The van der Waals surface area contributed by atoms with E-state index in [2.05, 4.69) is 379 Å². The number of ether oxygens (including phenoxy) is 3. The zero-order valence-electron chi connectivity index (χ0n) is 80.4. The first-order valence-corrected chi connectivity index (χ1v) is 50.4. The molecular weight excluding hydrogens is 1840 g/mol. The first kappa shape index (κ1) is 85.3. The summed E-state index contributed by atoms with van der Waals surface area (Å²) in [6, 6.07) is 175. The number of nitrogens with zero attached hydrogens (tertiary/aromatic N) is 3. The van der Waals surface area contributed by atoms with Crippen molar-refractivity contribution in [3.63, 3.8) is 0 Å². The van der Waals surface area contributed by atoms with Crippen LogP contribution in [0, 0.1) is 0 Å². The Morgan fingerprint density at radius 2 is 0.340 bits per heavy atom. The predicted octanol–water partition coefficient (Wildman–Crippen LogP) is 40.5. The number of furan rings is 6. The normalized spacial score (nSPS) is 12.0. The average Bonchev–Trinajstić information content (AvgIpc) is 1.53. The van der Waals surface area contributed by atoms with E-state index in [9.17, 15) is 0 Å². The highest BCUT2D eigenvalue weighted by atomic mass is 16.5. The van der Waals surface area contributed by atoms with E-state index in [4.69, 9.17) is 40.7 Å². The average molecular weight is 1930 g/mol. The first-order valence-electron chi connectivity index (χ1n) is 50.4. The zero-order valence-corrected chi connectivity index (χ0v) is 80.4. The molecule has 0 bridgehead atoms. The van der Waals surface area contributed by atoms with Crippen LogP contribution in [0.5, 0.6) is 34.5 Å². The second-order valence-electron chi connectivity index (χ2n) is 38.3. The van der Waals surface area contributed by atoms with Gasteiger partial charge in [0.1, 0.15) is 90.3 Å². The molecule has 0 saturated carbocycles. The van der Waals surface area contributed by atoms with Gasteiger partial charge in [-0.15, -0.1) is 0 Å². The predicted molar refractivity (Wildman–Crippen MR) is 611 cm³/mol. The van der Waals surface area contributed by atoms with E-state index >= 15 is 0 Å². The van der Waals surface area contributed by atoms with Gasteiger partial charge in [0.15, 0.2) is 11.2 Å². The highest BCUT2D eigenvalue weighted by molar-refractivity contribution is 6.17. The van der Waals surface area contributed by atoms with Crippen LogP contribution in [0.2, 0.25) is 0 Å². The second kappa shape index (κ2) is 34.7. The molecule has 0 spiro atoms. The molecule has 32 rings (SSSR count). The highest BCUT2D eigenvalue weighted by Gasteiger charge is 2.32. The maximum atomic E-state index is 6.62. The Bertz CT molecular complexity index is 10200. The summed E-state index contributed by atoms with van der Waals surface area (Å²) in [4.78, 5) is 6.94. The molecule has 0 radical (unpaired) electrons. The Morgan fingerprint density at radius 1 is 0.120 bits per heavy atom. The van der Waals surface area contributed by atoms with Crippen LogP contribution >= 0.6 is 0 Å². The Hall–Kier alpha value is -20.3. The summed E-state index contributed by atoms with van der Waals surface area (Å²) < 4.78 is 57.4. The smallest absolute Gasteiger partial charge is 0.159 e. The van der Waals surface area contributed by atoms with Crippen molar-refractivity contribution in [1.29, 1.82) is 0 Å². The maximum absolute atomic E-state index is 6.62. The van der Waals surface area contributed by atoms with Crippen molar-refractivity contribution in [2.24, 2.45) is 0 Å². The van der Waals surface area contributed by atoms with E-state index in [1.807, 2.05) is 140 Å². The Kier molecular flexibility index (Phi) is 19.7. The lowest BCUT2D eigenvalue weighted by molar-refractivity contribution is 0.487. The number of para-hydroxylation sites is 14. The standard InChI is InChI=1S/C54H33NO3.2C42H25NO3/c1-5-13-49-42(9-1)41-28-27-40(33-46(41)43-10-2-6-14-50(43)56-49)55(38-23-17-34(18-24-38)36-21-29-53-47(31-36)44-11-3-7-15-51(44)57-53)39-25-19-35(20-26-39)37-22-30-54-48(32-37)45-12-4-8-16-52(45)58-54;1-5-19-37-28(11-1)27-24-23-26(25-34(27)31-14-4-6-20-38(31)44-37)43(35-17-9-15-32-29-12-2-7-21-39(29)45-41(32)35)36-18-10-16-33-30-13-3-8-22-40(30)46-42(33)36;1-5-13-37-30(9-1)29-20-17-26(23-34(29)31-10-2-6-14-38(31)44-37)43(27-18-21-41-35(24-27)32-11-3-7-15-39(32)45-41)28-19-22-42-36(25-28)33-12-4-8-16-40(33)46-42/h1-33H;2*1-25H. The van der Waals surface area contributed by atoms with Crippen molar-refractivity contribution in [2.45, 2.75) is 0 Å². The quantitative estimate of drug-likeness (QED) is 0.123. The van der Waals surface area contributed by atoms with Gasteiger partial charge in [0.25, 0.3) is 0 Å². The maximum Gasteiger partial charge on any atom is 0.159 e. The summed E-state index contributed by atoms with van der Waals surface area (Å²) in [7, 11) is 0. The van der Waals surface area contributed by atoms with Gasteiger partial charge in [-0.1, -0.05) is 297 Å². The third kappa shape index (κ3) is 14.3. The second-order valence-corrected chi connectivity index (χ2v) is 38.3. The van der Waals surface area contributed by atoms with Gasteiger partial charge in [0.2, 0.25) is 0 Å².